The normalized spacial score (nSPS) is 19.5. The quantitative estimate of drug-likeness (QED) is 0.863. The Balaban J connectivity index is 1.59. The molecule has 0 bridgehead atoms. The van der Waals surface area contributed by atoms with Crippen molar-refractivity contribution in [3.05, 3.63) is 35.4 Å². The third kappa shape index (κ3) is 3.68. The first kappa shape index (κ1) is 15.1. The minimum atomic E-state index is 0.631. The molecule has 1 aliphatic rings. The summed E-state index contributed by atoms with van der Waals surface area (Å²) in [6, 6.07) is 0. The van der Waals surface area contributed by atoms with Crippen molar-refractivity contribution in [2.75, 3.05) is 13.1 Å². The largest absolute Gasteiger partial charge is 0.297 e. The van der Waals surface area contributed by atoms with Crippen molar-refractivity contribution >= 4 is 0 Å². The molecule has 1 saturated heterocycles. The zero-order valence-electron chi connectivity index (χ0n) is 13.7. The van der Waals surface area contributed by atoms with Gasteiger partial charge in [-0.1, -0.05) is 0 Å². The number of piperidine rings is 1. The van der Waals surface area contributed by atoms with Gasteiger partial charge in [-0.2, -0.15) is 5.10 Å². The fourth-order valence-electron chi connectivity index (χ4n) is 3.15. The molecule has 1 fully saturated rings. The van der Waals surface area contributed by atoms with Crippen LogP contribution in [-0.4, -0.2) is 42.7 Å². The van der Waals surface area contributed by atoms with Crippen LogP contribution >= 0.6 is 0 Å². The second-order valence-electron chi connectivity index (χ2n) is 6.28. The van der Waals surface area contributed by atoms with Crippen LogP contribution in [0.1, 0.15) is 35.9 Å². The van der Waals surface area contributed by atoms with Crippen LogP contribution in [0.5, 0.6) is 0 Å². The average molecular weight is 300 g/mol. The molecule has 0 unspecified atom stereocenters. The Hall–Kier alpha value is -1.82. The third-order valence-electron chi connectivity index (χ3n) is 4.22. The predicted molar refractivity (Wildman–Crippen MR) is 84.3 cm³/mol. The Morgan fingerprint density at radius 1 is 1.18 bits per heavy atom. The van der Waals surface area contributed by atoms with E-state index in [2.05, 4.69) is 29.6 Å². The van der Waals surface area contributed by atoms with Crippen molar-refractivity contribution in [3.63, 3.8) is 0 Å². The molecule has 1 aliphatic heterocycles. The topological polar surface area (TPSA) is 59.7 Å². The van der Waals surface area contributed by atoms with E-state index in [9.17, 15) is 0 Å². The molecule has 6 nitrogen and oxygen atoms in total. The maximum Gasteiger partial charge on any atom is 0.147 e. The lowest BCUT2D eigenvalue weighted by Gasteiger charge is -2.32. The molecule has 0 N–H and O–H groups in total. The van der Waals surface area contributed by atoms with Gasteiger partial charge in [-0.05, 0) is 46.1 Å². The van der Waals surface area contributed by atoms with E-state index in [1.54, 1.807) is 0 Å². The zero-order valence-corrected chi connectivity index (χ0v) is 13.7. The molecule has 22 heavy (non-hydrogen) atoms. The number of hydrogen-bond donors (Lipinski definition) is 0. The van der Waals surface area contributed by atoms with Crippen LogP contribution in [0.4, 0.5) is 0 Å². The molecule has 0 aliphatic carbocycles. The van der Waals surface area contributed by atoms with Crippen molar-refractivity contribution in [2.45, 2.75) is 46.7 Å². The van der Waals surface area contributed by atoms with Crippen molar-refractivity contribution in [1.82, 2.24) is 29.6 Å². The molecule has 0 spiro atoms. The summed E-state index contributed by atoms with van der Waals surface area (Å²) >= 11 is 0. The maximum absolute atomic E-state index is 4.49. The SMILES string of the molecule is Cc1cnc(CN2CCC[C@H](Cn3nc(C)nc3C)C2)cn1. The van der Waals surface area contributed by atoms with Crippen molar-refractivity contribution in [1.29, 1.82) is 0 Å². The summed E-state index contributed by atoms with van der Waals surface area (Å²) in [5, 5.41) is 4.49. The third-order valence-corrected chi connectivity index (χ3v) is 4.22. The van der Waals surface area contributed by atoms with E-state index in [-0.39, 0.29) is 0 Å². The summed E-state index contributed by atoms with van der Waals surface area (Å²) in [7, 11) is 0. The van der Waals surface area contributed by atoms with Gasteiger partial charge in [-0.3, -0.25) is 14.9 Å². The van der Waals surface area contributed by atoms with Gasteiger partial charge in [0.1, 0.15) is 11.6 Å². The van der Waals surface area contributed by atoms with Crippen LogP contribution in [0, 0.1) is 26.7 Å². The first-order chi connectivity index (χ1) is 10.6. The average Bonchev–Trinajstić information content (AvgIpc) is 2.80. The maximum atomic E-state index is 4.49. The van der Waals surface area contributed by atoms with E-state index in [1.165, 1.54) is 12.8 Å². The van der Waals surface area contributed by atoms with Gasteiger partial charge in [0.15, 0.2) is 0 Å². The van der Waals surface area contributed by atoms with Crippen molar-refractivity contribution in [3.8, 4) is 0 Å². The second-order valence-corrected chi connectivity index (χ2v) is 6.28. The highest BCUT2D eigenvalue weighted by molar-refractivity contribution is 5.00. The van der Waals surface area contributed by atoms with Crippen molar-refractivity contribution < 1.29 is 0 Å². The summed E-state index contributed by atoms with van der Waals surface area (Å²) in [5.41, 5.74) is 2.02. The fraction of sp³-hybridized carbons (Fsp3) is 0.625. The summed E-state index contributed by atoms with van der Waals surface area (Å²) in [6.45, 7) is 10.0. The number of rotatable bonds is 4. The monoisotopic (exact) mass is 300 g/mol. The Bertz CT molecular complexity index is 618. The number of hydrogen-bond acceptors (Lipinski definition) is 5. The van der Waals surface area contributed by atoms with Gasteiger partial charge in [-0.25, -0.2) is 9.67 Å². The molecule has 3 heterocycles. The summed E-state index contributed by atoms with van der Waals surface area (Å²) in [6.07, 6.45) is 6.23. The van der Waals surface area contributed by atoms with E-state index < -0.39 is 0 Å². The van der Waals surface area contributed by atoms with Crippen LogP contribution in [-0.2, 0) is 13.1 Å². The number of aryl methyl sites for hydroxylation is 3. The molecular weight excluding hydrogens is 276 g/mol. The van der Waals surface area contributed by atoms with Crippen molar-refractivity contribution in [2.24, 2.45) is 5.92 Å². The lowest BCUT2D eigenvalue weighted by atomic mass is 9.98. The number of likely N-dealkylation sites (tertiary alicyclic amines) is 1. The van der Waals surface area contributed by atoms with Gasteiger partial charge in [0.2, 0.25) is 0 Å². The smallest absolute Gasteiger partial charge is 0.147 e. The first-order valence-corrected chi connectivity index (χ1v) is 7.98. The standard InChI is InChI=1S/C16H24N6/c1-12-7-18-16(8-17-12)11-21-6-4-5-15(9-21)10-22-14(3)19-13(2)20-22/h7-8,15H,4-6,9-11H2,1-3H3/t15-/m0/s1. The van der Waals surface area contributed by atoms with Gasteiger partial charge in [0.25, 0.3) is 0 Å². The van der Waals surface area contributed by atoms with E-state index in [0.717, 1.165) is 49.2 Å². The minimum absolute atomic E-state index is 0.631. The Labute approximate surface area is 131 Å². The van der Waals surface area contributed by atoms with E-state index >= 15 is 0 Å². The van der Waals surface area contributed by atoms with Gasteiger partial charge in [0.05, 0.1) is 11.4 Å². The molecular formula is C16H24N6. The summed E-state index contributed by atoms with van der Waals surface area (Å²) in [4.78, 5) is 15.7. The van der Waals surface area contributed by atoms with Gasteiger partial charge in [0, 0.05) is 32.0 Å². The lowest BCUT2D eigenvalue weighted by molar-refractivity contribution is 0.151. The lowest BCUT2D eigenvalue weighted by Crippen LogP contribution is -2.37. The molecule has 6 heteroatoms. The second kappa shape index (κ2) is 6.52. The van der Waals surface area contributed by atoms with Crippen LogP contribution in [0.2, 0.25) is 0 Å². The fourth-order valence-corrected chi connectivity index (χ4v) is 3.15. The Morgan fingerprint density at radius 2 is 2.05 bits per heavy atom. The molecule has 118 valence electrons. The van der Waals surface area contributed by atoms with Crippen LogP contribution in [0.25, 0.3) is 0 Å². The molecule has 2 aromatic heterocycles. The van der Waals surface area contributed by atoms with E-state index in [1.807, 2.05) is 33.2 Å². The van der Waals surface area contributed by atoms with Crippen LogP contribution in [0.15, 0.2) is 12.4 Å². The van der Waals surface area contributed by atoms with Gasteiger partial charge < -0.3 is 0 Å². The zero-order chi connectivity index (χ0) is 15.5. The molecule has 0 radical (unpaired) electrons. The first-order valence-electron chi connectivity index (χ1n) is 7.98. The van der Waals surface area contributed by atoms with Crippen LogP contribution in [0.3, 0.4) is 0 Å². The summed E-state index contributed by atoms with van der Waals surface area (Å²) < 4.78 is 2.05. The molecule has 2 aromatic rings. The van der Waals surface area contributed by atoms with E-state index in [0.29, 0.717) is 5.92 Å². The highest BCUT2D eigenvalue weighted by atomic mass is 15.3. The van der Waals surface area contributed by atoms with Gasteiger partial charge >= 0.3 is 0 Å². The molecule has 3 rings (SSSR count). The molecule has 0 aromatic carbocycles. The summed E-state index contributed by atoms with van der Waals surface area (Å²) in [5.74, 6) is 2.51. The van der Waals surface area contributed by atoms with Gasteiger partial charge in [-0.15, -0.1) is 0 Å². The Kier molecular flexibility index (Phi) is 4.47. The minimum Gasteiger partial charge on any atom is -0.297 e. The molecule has 1 atom stereocenters. The molecule has 0 saturated carbocycles. The molecule has 0 amide bonds. The predicted octanol–water partition coefficient (Wildman–Crippen LogP) is 1.91. The Morgan fingerprint density at radius 3 is 2.73 bits per heavy atom. The number of nitrogens with zero attached hydrogens (tertiary/aromatic N) is 6. The number of aromatic nitrogens is 5. The van der Waals surface area contributed by atoms with E-state index in [4.69, 9.17) is 0 Å². The highest BCUT2D eigenvalue weighted by Crippen LogP contribution is 2.20. The highest BCUT2D eigenvalue weighted by Gasteiger charge is 2.21. The van der Waals surface area contributed by atoms with Crippen LogP contribution < -0.4 is 0 Å².